The second kappa shape index (κ2) is 10.9. The Hall–Kier alpha value is -3.40. The largest absolute Gasteiger partial charge is 0.468 e. The first-order valence-corrected chi connectivity index (χ1v) is 13.2. The molecule has 0 radical (unpaired) electrons. The number of esters is 1. The number of hydrogen-bond acceptors (Lipinski definition) is 6. The Labute approximate surface area is 219 Å². The number of nitrogens with zero attached hydrogens (tertiary/aromatic N) is 2. The molecule has 1 aliphatic rings. The third kappa shape index (κ3) is 5.20. The number of benzene rings is 3. The van der Waals surface area contributed by atoms with Crippen molar-refractivity contribution < 1.29 is 18.7 Å². The van der Waals surface area contributed by atoms with E-state index in [4.69, 9.17) is 4.74 Å². The Balaban J connectivity index is 1.97. The van der Waals surface area contributed by atoms with Gasteiger partial charge in [-0.2, -0.15) is 4.31 Å². The van der Waals surface area contributed by atoms with Gasteiger partial charge < -0.3 is 4.74 Å². The summed E-state index contributed by atoms with van der Waals surface area (Å²) < 4.78 is 21.5. The average Bonchev–Trinajstić information content (AvgIpc) is 3.24. The summed E-state index contributed by atoms with van der Waals surface area (Å²) >= 11 is 0. The van der Waals surface area contributed by atoms with Gasteiger partial charge in [-0.25, -0.2) is 9.00 Å². The van der Waals surface area contributed by atoms with Crippen LogP contribution in [0.1, 0.15) is 49.2 Å². The van der Waals surface area contributed by atoms with Gasteiger partial charge in [-0.15, -0.1) is 0 Å². The van der Waals surface area contributed by atoms with Crippen LogP contribution in [0.3, 0.4) is 0 Å². The van der Waals surface area contributed by atoms with E-state index in [1.165, 1.54) is 19.2 Å². The fourth-order valence-electron chi connectivity index (χ4n) is 5.05. The lowest BCUT2D eigenvalue weighted by Crippen LogP contribution is -2.53. The van der Waals surface area contributed by atoms with Crippen molar-refractivity contribution in [1.82, 2.24) is 9.62 Å². The lowest BCUT2D eigenvalue weighted by atomic mass is 9.80. The molecule has 3 aromatic carbocycles. The van der Waals surface area contributed by atoms with Gasteiger partial charge in [-0.1, -0.05) is 74.0 Å². The van der Waals surface area contributed by atoms with E-state index in [-0.39, 0.29) is 11.6 Å². The van der Waals surface area contributed by atoms with E-state index < -0.39 is 39.6 Å². The van der Waals surface area contributed by atoms with Gasteiger partial charge in [0.1, 0.15) is 16.5 Å². The molecule has 0 aromatic heterocycles. The minimum atomic E-state index is -1.69. The number of carbonyl (C=O) groups excluding carboxylic acids is 1. The molecule has 0 aliphatic carbocycles. The second-order valence-corrected chi connectivity index (χ2v) is 11.1. The third-order valence-corrected chi connectivity index (χ3v) is 8.08. The summed E-state index contributed by atoms with van der Waals surface area (Å²) in [5.41, 5.74) is 1.18. The van der Waals surface area contributed by atoms with Crippen molar-refractivity contribution in [3.63, 3.8) is 0 Å². The van der Waals surface area contributed by atoms with Gasteiger partial charge in [0.15, 0.2) is 0 Å². The Bertz CT molecular complexity index is 1280. The molecule has 3 aromatic rings. The van der Waals surface area contributed by atoms with Crippen LogP contribution in [0, 0.1) is 23.0 Å². The molecule has 0 amide bonds. The van der Waals surface area contributed by atoms with Gasteiger partial charge >= 0.3 is 5.97 Å². The van der Waals surface area contributed by atoms with Gasteiger partial charge in [0.25, 0.3) is 5.69 Å². The highest BCUT2D eigenvalue weighted by molar-refractivity contribution is 7.82. The molecule has 4 atom stereocenters. The average molecular weight is 522 g/mol. The predicted octanol–water partition coefficient (Wildman–Crippen LogP) is 5.23. The molecule has 1 aliphatic heterocycles. The SMILES string of the molecule is COC(=O)[C@]1(CC(C)C)N[C@H](c2ccccc2)N(S(=O)c2ccc(C)cc2)[C@@H]1c1ccc([N+](=O)[O-])cc1. The Morgan fingerprint density at radius 2 is 1.68 bits per heavy atom. The molecule has 37 heavy (non-hydrogen) atoms. The van der Waals surface area contributed by atoms with Gasteiger partial charge in [0.2, 0.25) is 0 Å². The van der Waals surface area contributed by atoms with E-state index in [0.717, 1.165) is 11.1 Å². The number of methoxy groups -OCH3 is 1. The molecule has 1 N–H and O–H groups in total. The van der Waals surface area contributed by atoms with Crippen LogP contribution in [0.5, 0.6) is 0 Å². The molecule has 194 valence electrons. The summed E-state index contributed by atoms with van der Waals surface area (Å²) in [4.78, 5) is 25.1. The smallest absolute Gasteiger partial charge is 0.328 e. The van der Waals surface area contributed by atoms with Crippen molar-refractivity contribution >= 4 is 22.6 Å². The molecule has 4 rings (SSSR count). The summed E-state index contributed by atoms with van der Waals surface area (Å²) in [7, 11) is -0.350. The van der Waals surface area contributed by atoms with Crippen LogP contribution >= 0.6 is 0 Å². The first kappa shape index (κ1) is 26.7. The number of nitro groups is 1. The quantitative estimate of drug-likeness (QED) is 0.247. The van der Waals surface area contributed by atoms with Gasteiger partial charge in [-0.05, 0) is 42.5 Å². The number of non-ortho nitro benzene ring substituents is 1. The van der Waals surface area contributed by atoms with Gasteiger partial charge in [-0.3, -0.25) is 15.4 Å². The lowest BCUT2D eigenvalue weighted by Gasteiger charge is -2.36. The zero-order valence-electron chi connectivity index (χ0n) is 21.3. The van der Waals surface area contributed by atoms with Crippen LogP contribution in [-0.2, 0) is 20.5 Å². The molecule has 1 unspecified atom stereocenters. The normalized spacial score (nSPS) is 22.6. The fraction of sp³-hybridized carbons (Fsp3) is 0.321. The number of rotatable bonds is 8. The number of nitro benzene ring substituents is 1. The van der Waals surface area contributed by atoms with Crippen molar-refractivity contribution in [3.8, 4) is 0 Å². The summed E-state index contributed by atoms with van der Waals surface area (Å²) in [5.74, 6) is -0.398. The van der Waals surface area contributed by atoms with Gasteiger partial charge in [0, 0.05) is 12.1 Å². The van der Waals surface area contributed by atoms with Crippen molar-refractivity contribution in [3.05, 3.63) is 106 Å². The van der Waals surface area contributed by atoms with Crippen LogP contribution in [0.15, 0.2) is 83.8 Å². The Morgan fingerprint density at radius 3 is 2.22 bits per heavy atom. The highest BCUT2D eigenvalue weighted by atomic mass is 32.2. The molecule has 8 nitrogen and oxygen atoms in total. The predicted molar refractivity (Wildman–Crippen MR) is 142 cm³/mol. The van der Waals surface area contributed by atoms with E-state index in [9.17, 15) is 19.1 Å². The van der Waals surface area contributed by atoms with Gasteiger partial charge in [0.05, 0.1) is 29.1 Å². The fourth-order valence-corrected chi connectivity index (χ4v) is 6.52. The third-order valence-electron chi connectivity index (χ3n) is 6.60. The molecular weight excluding hydrogens is 490 g/mol. The van der Waals surface area contributed by atoms with Crippen LogP contribution < -0.4 is 5.32 Å². The van der Waals surface area contributed by atoms with E-state index in [1.807, 2.05) is 75.4 Å². The molecule has 0 saturated carbocycles. The van der Waals surface area contributed by atoms with Crippen molar-refractivity contribution in [2.24, 2.45) is 5.92 Å². The van der Waals surface area contributed by atoms with Crippen molar-refractivity contribution in [2.75, 3.05) is 7.11 Å². The summed E-state index contributed by atoms with van der Waals surface area (Å²) in [6.07, 6.45) is -0.201. The van der Waals surface area contributed by atoms with Crippen LogP contribution in [-0.4, -0.2) is 32.1 Å². The van der Waals surface area contributed by atoms with E-state index in [1.54, 1.807) is 16.4 Å². The zero-order valence-corrected chi connectivity index (χ0v) is 22.1. The molecule has 1 saturated heterocycles. The molecule has 0 bridgehead atoms. The number of hydrogen-bond donors (Lipinski definition) is 1. The van der Waals surface area contributed by atoms with Crippen molar-refractivity contribution in [1.29, 1.82) is 0 Å². The molecular formula is C28H31N3O5S. The molecule has 9 heteroatoms. The maximum Gasteiger partial charge on any atom is 0.328 e. The lowest BCUT2D eigenvalue weighted by molar-refractivity contribution is -0.384. The van der Waals surface area contributed by atoms with Crippen LogP contribution in [0.2, 0.25) is 0 Å². The standard InChI is InChI=1S/C28H31N3O5S/c1-19(2)18-28(27(32)36-4)25(21-12-14-23(15-13-21)31(33)34)30(26(29-28)22-8-6-5-7-9-22)37(35)24-16-10-20(3)11-17-24/h5-17,19,25-26,29H,18H2,1-4H3/t25-,26+,28-,37?/m1/s1. The number of carbonyl (C=O) groups is 1. The van der Waals surface area contributed by atoms with Crippen LogP contribution in [0.25, 0.3) is 0 Å². The number of nitrogens with one attached hydrogen (secondary N) is 1. The number of ether oxygens (including phenoxy) is 1. The van der Waals surface area contributed by atoms with E-state index >= 15 is 0 Å². The summed E-state index contributed by atoms with van der Waals surface area (Å²) in [5, 5.41) is 14.9. The molecule has 1 heterocycles. The van der Waals surface area contributed by atoms with E-state index in [2.05, 4.69) is 5.32 Å². The highest BCUT2D eigenvalue weighted by Gasteiger charge is 2.60. The number of aryl methyl sites for hydroxylation is 1. The highest BCUT2D eigenvalue weighted by Crippen LogP contribution is 2.49. The zero-order chi connectivity index (χ0) is 26.7. The second-order valence-electron chi connectivity index (χ2n) is 9.69. The Kier molecular flexibility index (Phi) is 7.87. The Morgan fingerprint density at radius 1 is 1.05 bits per heavy atom. The maximum atomic E-state index is 14.3. The van der Waals surface area contributed by atoms with Crippen molar-refractivity contribution in [2.45, 2.75) is 49.8 Å². The van der Waals surface area contributed by atoms with E-state index in [0.29, 0.717) is 16.9 Å². The summed E-state index contributed by atoms with van der Waals surface area (Å²) in [6.45, 7) is 5.98. The first-order chi connectivity index (χ1) is 17.7. The topological polar surface area (TPSA) is 102 Å². The monoisotopic (exact) mass is 521 g/mol. The molecule has 0 spiro atoms. The minimum absolute atomic E-state index is 0.0620. The summed E-state index contributed by atoms with van der Waals surface area (Å²) in [6, 6.07) is 22.3. The maximum absolute atomic E-state index is 14.3. The van der Waals surface area contributed by atoms with Crippen LogP contribution in [0.4, 0.5) is 5.69 Å². The molecule has 1 fully saturated rings. The first-order valence-electron chi connectivity index (χ1n) is 12.1. The minimum Gasteiger partial charge on any atom is -0.468 e.